The smallest absolute Gasteiger partial charge is 0.319 e. The highest BCUT2D eigenvalue weighted by Gasteiger charge is 2.15. The highest BCUT2D eigenvalue weighted by atomic mass is 79.9. The van der Waals surface area contributed by atoms with Gasteiger partial charge in [-0.3, -0.25) is 14.9 Å². The molecule has 0 bridgehead atoms. The molecule has 1 unspecified atom stereocenters. The van der Waals surface area contributed by atoms with E-state index in [4.69, 9.17) is 4.74 Å². The van der Waals surface area contributed by atoms with Gasteiger partial charge >= 0.3 is 5.97 Å². The summed E-state index contributed by atoms with van der Waals surface area (Å²) in [5.41, 5.74) is 0.996. The van der Waals surface area contributed by atoms with Crippen LogP contribution >= 0.6 is 15.9 Å². The van der Waals surface area contributed by atoms with Crippen LogP contribution in [-0.2, 0) is 16.0 Å². The van der Waals surface area contributed by atoms with Crippen molar-refractivity contribution in [1.29, 1.82) is 0 Å². The summed E-state index contributed by atoms with van der Waals surface area (Å²) in [5.74, 6) is -0.262. The zero-order valence-electron chi connectivity index (χ0n) is 10.7. The molecule has 0 aliphatic carbocycles. The topological polar surface area (TPSA) is 69.4 Å². The lowest BCUT2D eigenvalue weighted by Crippen LogP contribution is -2.17. The van der Waals surface area contributed by atoms with Gasteiger partial charge in [-0.05, 0) is 31.7 Å². The van der Waals surface area contributed by atoms with Crippen molar-refractivity contribution in [2.75, 3.05) is 6.61 Å². The van der Waals surface area contributed by atoms with Gasteiger partial charge in [-0.25, -0.2) is 0 Å². The Balaban J connectivity index is 2.43. The van der Waals surface area contributed by atoms with Gasteiger partial charge in [0.25, 0.3) is 5.69 Å². The molecule has 0 fully saturated rings. The van der Waals surface area contributed by atoms with Gasteiger partial charge in [0, 0.05) is 12.1 Å². The Bertz CT molecular complexity index is 450. The number of ether oxygens (including phenoxy) is 1. The highest BCUT2D eigenvalue weighted by Crippen LogP contribution is 2.17. The molecule has 1 aromatic carbocycles. The van der Waals surface area contributed by atoms with E-state index in [0.717, 1.165) is 12.0 Å². The van der Waals surface area contributed by atoms with Crippen LogP contribution in [0.3, 0.4) is 0 Å². The standard InChI is InChI=1S/C13H16BrNO4/c1-2-19-13(16)12(14)8-4-6-10-5-3-7-11(9-10)15(17)18/h3,5,7,9,12H,2,4,6,8H2,1H3. The first-order valence-corrected chi connectivity index (χ1v) is 7.00. The first-order valence-electron chi connectivity index (χ1n) is 6.08. The number of carbonyl (C=O) groups excluding carboxylic acids is 1. The predicted molar refractivity (Wildman–Crippen MR) is 75.4 cm³/mol. The van der Waals surface area contributed by atoms with E-state index in [1.165, 1.54) is 6.07 Å². The number of esters is 1. The Labute approximate surface area is 120 Å². The molecule has 0 saturated carbocycles. The summed E-state index contributed by atoms with van der Waals surface area (Å²) in [7, 11) is 0. The van der Waals surface area contributed by atoms with Gasteiger partial charge < -0.3 is 4.74 Å². The minimum Gasteiger partial charge on any atom is -0.465 e. The predicted octanol–water partition coefficient (Wildman–Crippen LogP) is 3.24. The molecule has 104 valence electrons. The van der Waals surface area contributed by atoms with Crippen molar-refractivity contribution in [3.63, 3.8) is 0 Å². The molecule has 0 amide bonds. The molecule has 0 aliphatic rings. The molecule has 5 nitrogen and oxygen atoms in total. The minimum atomic E-state index is -0.407. The van der Waals surface area contributed by atoms with Crippen LogP contribution in [0.1, 0.15) is 25.3 Å². The summed E-state index contributed by atoms with van der Waals surface area (Å²) >= 11 is 3.27. The summed E-state index contributed by atoms with van der Waals surface area (Å²) in [6.45, 7) is 2.13. The van der Waals surface area contributed by atoms with Gasteiger partial charge in [0.05, 0.1) is 11.5 Å². The van der Waals surface area contributed by atoms with Crippen LogP contribution in [0.25, 0.3) is 0 Å². The van der Waals surface area contributed by atoms with E-state index in [-0.39, 0.29) is 16.5 Å². The van der Waals surface area contributed by atoms with Gasteiger partial charge in [0.15, 0.2) is 0 Å². The zero-order chi connectivity index (χ0) is 14.3. The van der Waals surface area contributed by atoms with Crippen molar-refractivity contribution in [3.05, 3.63) is 39.9 Å². The molecule has 0 radical (unpaired) electrons. The number of nitro groups is 1. The van der Waals surface area contributed by atoms with Crippen LogP contribution < -0.4 is 0 Å². The molecular formula is C13H16BrNO4. The Hall–Kier alpha value is -1.43. The van der Waals surface area contributed by atoms with Crippen molar-refractivity contribution >= 4 is 27.6 Å². The molecule has 1 aromatic rings. The van der Waals surface area contributed by atoms with E-state index in [1.54, 1.807) is 19.1 Å². The lowest BCUT2D eigenvalue weighted by atomic mass is 10.1. The quantitative estimate of drug-likeness (QED) is 0.333. The van der Waals surface area contributed by atoms with Crippen molar-refractivity contribution < 1.29 is 14.5 Å². The maximum absolute atomic E-state index is 11.4. The molecule has 0 heterocycles. The van der Waals surface area contributed by atoms with Gasteiger partial charge in [-0.1, -0.05) is 28.1 Å². The number of hydrogen-bond donors (Lipinski definition) is 0. The van der Waals surface area contributed by atoms with Crippen LogP contribution in [-0.4, -0.2) is 22.3 Å². The molecule has 0 spiro atoms. The Morgan fingerprint density at radius 3 is 2.89 bits per heavy atom. The van der Waals surface area contributed by atoms with Crippen LogP contribution in [0.15, 0.2) is 24.3 Å². The van der Waals surface area contributed by atoms with Crippen molar-refractivity contribution in [1.82, 2.24) is 0 Å². The van der Waals surface area contributed by atoms with Gasteiger partial charge in [0.1, 0.15) is 4.83 Å². The number of benzene rings is 1. The molecule has 0 saturated heterocycles. The van der Waals surface area contributed by atoms with Crippen molar-refractivity contribution in [2.24, 2.45) is 0 Å². The van der Waals surface area contributed by atoms with Gasteiger partial charge in [-0.2, -0.15) is 0 Å². The average Bonchev–Trinajstić information content (AvgIpc) is 2.39. The third kappa shape index (κ3) is 5.38. The fraction of sp³-hybridized carbons (Fsp3) is 0.462. The molecule has 1 atom stereocenters. The van der Waals surface area contributed by atoms with Crippen LogP contribution in [0, 0.1) is 10.1 Å². The van der Waals surface area contributed by atoms with Crippen LogP contribution in [0.5, 0.6) is 0 Å². The van der Waals surface area contributed by atoms with E-state index in [0.29, 0.717) is 19.4 Å². The van der Waals surface area contributed by atoms with E-state index in [9.17, 15) is 14.9 Å². The van der Waals surface area contributed by atoms with Crippen LogP contribution in [0.2, 0.25) is 0 Å². The van der Waals surface area contributed by atoms with Crippen LogP contribution in [0.4, 0.5) is 5.69 Å². The number of nitrogens with zero attached hydrogens (tertiary/aromatic N) is 1. The maximum Gasteiger partial charge on any atom is 0.319 e. The normalized spacial score (nSPS) is 11.9. The minimum absolute atomic E-state index is 0.0956. The number of non-ortho nitro benzene ring substituents is 1. The summed E-state index contributed by atoms with van der Waals surface area (Å²) in [6, 6.07) is 6.55. The number of nitro benzene ring substituents is 1. The third-order valence-electron chi connectivity index (χ3n) is 2.59. The second-order valence-corrected chi connectivity index (χ2v) is 5.14. The number of aryl methyl sites for hydroxylation is 1. The number of halogens is 1. The largest absolute Gasteiger partial charge is 0.465 e. The number of carbonyl (C=O) groups is 1. The monoisotopic (exact) mass is 329 g/mol. The first-order chi connectivity index (χ1) is 9.04. The Kier molecular flexibility index (Phi) is 6.49. The third-order valence-corrected chi connectivity index (χ3v) is 3.42. The fourth-order valence-corrected chi connectivity index (χ4v) is 2.12. The molecule has 6 heteroatoms. The van der Waals surface area contributed by atoms with Gasteiger partial charge in [0.2, 0.25) is 0 Å². The summed E-state index contributed by atoms with van der Waals surface area (Å²) in [4.78, 5) is 21.3. The second kappa shape index (κ2) is 7.89. The summed E-state index contributed by atoms with van der Waals surface area (Å²) in [5, 5.41) is 10.6. The molecule has 19 heavy (non-hydrogen) atoms. The Morgan fingerprint density at radius 2 is 2.26 bits per heavy atom. The second-order valence-electron chi connectivity index (χ2n) is 4.04. The summed E-state index contributed by atoms with van der Waals surface area (Å²) < 4.78 is 4.88. The number of hydrogen-bond acceptors (Lipinski definition) is 4. The first kappa shape index (κ1) is 15.6. The number of alkyl halides is 1. The van der Waals surface area contributed by atoms with Gasteiger partial charge in [-0.15, -0.1) is 0 Å². The SMILES string of the molecule is CCOC(=O)C(Br)CCCc1cccc([N+](=O)[O-])c1. The molecule has 0 aliphatic heterocycles. The van der Waals surface area contributed by atoms with E-state index >= 15 is 0 Å². The van der Waals surface area contributed by atoms with Crippen molar-refractivity contribution in [2.45, 2.75) is 31.0 Å². The molecule has 0 aromatic heterocycles. The molecular weight excluding hydrogens is 314 g/mol. The Morgan fingerprint density at radius 1 is 1.53 bits per heavy atom. The van der Waals surface area contributed by atoms with E-state index in [2.05, 4.69) is 15.9 Å². The summed E-state index contributed by atoms with van der Waals surface area (Å²) in [6.07, 6.45) is 2.10. The molecule has 1 rings (SSSR count). The average molecular weight is 330 g/mol. The maximum atomic E-state index is 11.4. The molecule has 0 N–H and O–H groups in total. The van der Waals surface area contributed by atoms with E-state index < -0.39 is 4.92 Å². The lowest BCUT2D eigenvalue weighted by Gasteiger charge is -2.08. The van der Waals surface area contributed by atoms with E-state index in [1.807, 2.05) is 6.07 Å². The number of rotatable bonds is 7. The lowest BCUT2D eigenvalue weighted by molar-refractivity contribution is -0.384. The van der Waals surface area contributed by atoms with Crippen molar-refractivity contribution in [3.8, 4) is 0 Å². The fourth-order valence-electron chi connectivity index (χ4n) is 1.66. The zero-order valence-corrected chi connectivity index (χ0v) is 12.3. The highest BCUT2D eigenvalue weighted by molar-refractivity contribution is 9.10.